The third kappa shape index (κ3) is 3.60. The van der Waals surface area contributed by atoms with Gasteiger partial charge in [-0.25, -0.2) is 4.79 Å². The highest BCUT2D eigenvalue weighted by Gasteiger charge is 2.54. The van der Waals surface area contributed by atoms with E-state index in [1.54, 1.807) is 19.9 Å². The summed E-state index contributed by atoms with van der Waals surface area (Å²) in [4.78, 5) is 12.0. The van der Waals surface area contributed by atoms with Crippen molar-refractivity contribution < 1.29 is 28.5 Å². The summed E-state index contributed by atoms with van der Waals surface area (Å²) in [5, 5.41) is 10.5. The predicted octanol–water partition coefficient (Wildman–Crippen LogP) is 2.37. The van der Waals surface area contributed by atoms with Crippen LogP contribution >= 0.6 is 0 Å². The van der Waals surface area contributed by atoms with E-state index in [4.69, 9.17) is 18.6 Å². The van der Waals surface area contributed by atoms with E-state index < -0.39 is 44.5 Å². The van der Waals surface area contributed by atoms with Crippen molar-refractivity contribution >= 4 is 14.3 Å². The van der Waals surface area contributed by atoms with Gasteiger partial charge in [0.2, 0.25) is 0 Å². The average molecular weight is 359 g/mol. The Morgan fingerprint density at radius 1 is 1.25 bits per heavy atom. The Balaban J connectivity index is 2.38. The van der Waals surface area contributed by atoms with Crippen molar-refractivity contribution in [3.05, 3.63) is 11.6 Å². The van der Waals surface area contributed by atoms with Crippen LogP contribution in [0.25, 0.3) is 0 Å². The van der Waals surface area contributed by atoms with Gasteiger partial charge < -0.3 is 23.7 Å². The molecule has 1 aliphatic heterocycles. The third-order valence-electron chi connectivity index (χ3n) is 5.12. The number of rotatable bonds is 3. The van der Waals surface area contributed by atoms with Gasteiger partial charge in [-0.2, -0.15) is 0 Å². The summed E-state index contributed by atoms with van der Waals surface area (Å²) in [6.45, 7) is 14.3. The van der Waals surface area contributed by atoms with E-state index in [2.05, 4.69) is 33.9 Å². The number of fused-ring (bicyclic) bond motifs is 1. The lowest BCUT2D eigenvalue weighted by atomic mass is 9.89. The third-order valence-corrected chi connectivity index (χ3v) is 9.59. The lowest BCUT2D eigenvalue weighted by molar-refractivity contribution is -0.156. The maximum Gasteiger partial charge on any atom is 0.336 e. The highest BCUT2D eigenvalue weighted by Crippen LogP contribution is 2.42. The average Bonchev–Trinajstić information content (AvgIpc) is 2.76. The summed E-state index contributed by atoms with van der Waals surface area (Å²) in [5.41, 5.74) is 0.170. The second-order valence-electron chi connectivity index (χ2n) is 8.47. The lowest BCUT2D eigenvalue weighted by Crippen LogP contribution is -2.54. The highest BCUT2D eigenvalue weighted by atomic mass is 28.4. The largest absolute Gasteiger partial charge is 0.466 e. The second-order valence-corrected chi connectivity index (χ2v) is 13.2. The lowest BCUT2D eigenvalue weighted by Gasteiger charge is -2.42. The number of methoxy groups -OCH3 is 1. The van der Waals surface area contributed by atoms with Crippen LogP contribution in [-0.2, 0) is 23.4 Å². The van der Waals surface area contributed by atoms with Crippen molar-refractivity contribution in [1.82, 2.24) is 0 Å². The number of hydrogen-bond donors (Lipinski definition) is 1. The summed E-state index contributed by atoms with van der Waals surface area (Å²) in [6.07, 6.45) is -1.03. The maximum absolute atomic E-state index is 12.0. The van der Waals surface area contributed by atoms with Crippen LogP contribution in [0.2, 0.25) is 18.1 Å². The van der Waals surface area contributed by atoms with Crippen molar-refractivity contribution in [2.24, 2.45) is 0 Å². The molecule has 1 heterocycles. The Hall–Kier alpha value is -0.733. The van der Waals surface area contributed by atoms with Crippen molar-refractivity contribution in [2.75, 3.05) is 7.11 Å². The summed E-state index contributed by atoms with van der Waals surface area (Å²) < 4.78 is 23.1. The number of carbonyl (C=O) groups excluding carboxylic acids is 1. The summed E-state index contributed by atoms with van der Waals surface area (Å²) in [6, 6.07) is 0. The molecule has 4 atom stereocenters. The first-order valence-electron chi connectivity index (χ1n) is 8.30. The molecule has 0 unspecified atom stereocenters. The normalized spacial score (nSPS) is 33.0. The number of esters is 1. The molecule has 0 aromatic carbocycles. The SMILES string of the molecule is COC(=O)C1=C[C@H](O[Si](C)(C)C(C)(C)C)[C@@H]2OC(C)(C)O[C@@H]2[C@H]1O. The highest BCUT2D eigenvalue weighted by molar-refractivity contribution is 6.74. The van der Waals surface area contributed by atoms with Crippen molar-refractivity contribution in [2.45, 2.75) is 83.0 Å². The molecule has 0 bridgehead atoms. The van der Waals surface area contributed by atoms with E-state index in [1.165, 1.54) is 7.11 Å². The van der Waals surface area contributed by atoms with Gasteiger partial charge in [0.1, 0.15) is 18.3 Å². The fourth-order valence-electron chi connectivity index (χ4n) is 2.79. The van der Waals surface area contributed by atoms with Gasteiger partial charge in [0, 0.05) is 0 Å². The van der Waals surface area contributed by atoms with E-state index in [0.29, 0.717) is 0 Å². The van der Waals surface area contributed by atoms with Crippen LogP contribution in [-0.4, -0.2) is 56.7 Å². The first kappa shape index (κ1) is 19.6. The molecule has 0 aromatic heterocycles. The fraction of sp³-hybridized carbons (Fsp3) is 0.824. The quantitative estimate of drug-likeness (QED) is 0.617. The molecule has 1 aliphatic carbocycles. The Labute approximate surface area is 145 Å². The fourth-order valence-corrected chi connectivity index (χ4v) is 4.02. The summed E-state index contributed by atoms with van der Waals surface area (Å²) in [7, 11) is -0.816. The summed E-state index contributed by atoms with van der Waals surface area (Å²) >= 11 is 0. The number of ether oxygens (including phenoxy) is 3. The Bertz CT molecular complexity index is 534. The molecule has 0 radical (unpaired) electrons. The van der Waals surface area contributed by atoms with Crippen LogP contribution in [0.3, 0.4) is 0 Å². The second kappa shape index (κ2) is 6.21. The van der Waals surface area contributed by atoms with Crippen molar-refractivity contribution in [3.63, 3.8) is 0 Å². The van der Waals surface area contributed by atoms with E-state index in [0.717, 1.165) is 0 Å². The zero-order valence-electron chi connectivity index (χ0n) is 15.9. The number of aliphatic hydroxyl groups is 1. The maximum atomic E-state index is 12.0. The minimum atomic E-state index is -2.11. The molecule has 1 N–H and O–H groups in total. The number of aliphatic hydroxyl groups excluding tert-OH is 1. The van der Waals surface area contributed by atoms with Crippen LogP contribution in [0.5, 0.6) is 0 Å². The minimum Gasteiger partial charge on any atom is -0.466 e. The number of hydrogen-bond acceptors (Lipinski definition) is 6. The van der Waals surface area contributed by atoms with Crippen LogP contribution in [0.15, 0.2) is 11.6 Å². The van der Waals surface area contributed by atoms with E-state index >= 15 is 0 Å². The topological polar surface area (TPSA) is 74.2 Å². The van der Waals surface area contributed by atoms with E-state index in [-0.39, 0.29) is 10.6 Å². The molecule has 1 fully saturated rings. The Morgan fingerprint density at radius 3 is 2.29 bits per heavy atom. The minimum absolute atomic E-state index is 0.00675. The van der Waals surface area contributed by atoms with E-state index in [1.807, 2.05) is 0 Å². The van der Waals surface area contributed by atoms with Gasteiger partial charge in [-0.05, 0) is 38.1 Å². The van der Waals surface area contributed by atoms with Crippen LogP contribution in [0.4, 0.5) is 0 Å². The molecule has 0 amide bonds. The van der Waals surface area contributed by atoms with Crippen LogP contribution in [0.1, 0.15) is 34.6 Å². The van der Waals surface area contributed by atoms with Crippen molar-refractivity contribution in [3.8, 4) is 0 Å². The van der Waals surface area contributed by atoms with Gasteiger partial charge in [0.25, 0.3) is 0 Å². The molecule has 1 saturated heterocycles. The van der Waals surface area contributed by atoms with E-state index in [9.17, 15) is 9.90 Å². The zero-order valence-corrected chi connectivity index (χ0v) is 16.9. The molecule has 0 saturated carbocycles. The predicted molar refractivity (Wildman–Crippen MR) is 92.0 cm³/mol. The standard InChI is InChI=1S/C17H30O6Si/c1-16(2,3)24(7,8)23-11-9-10(15(19)20-6)12(18)14-13(11)21-17(4,5)22-14/h9,11-14,18H,1-8H3/t11-,12-,13-,14+/m0/s1. The number of carbonyl (C=O) groups is 1. The van der Waals surface area contributed by atoms with Crippen LogP contribution < -0.4 is 0 Å². The molecular weight excluding hydrogens is 328 g/mol. The molecule has 24 heavy (non-hydrogen) atoms. The van der Waals surface area contributed by atoms with Crippen molar-refractivity contribution in [1.29, 1.82) is 0 Å². The Morgan fingerprint density at radius 2 is 1.79 bits per heavy atom. The molecular formula is C17H30O6Si. The molecule has 0 spiro atoms. The smallest absolute Gasteiger partial charge is 0.336 e. The molecule has 0 aromatic rings. The summed E-state index contributed by atoms with van der Waals surface area (Å²) in [5.74, 6) is -1.41. The Kier molecular flexibility index (Phi) is 5.07. The first-order chi connectivity index (χ1) is 10.8. The van der Waals surface area contributed by atoms with Gasteiger partial charge in [-0.1, -0.05) is 20.8 Å². The zero-order chi connectivity index (χ0) is 18.5. The van der Waals surface area contributed by atoms with Gasteiger partial charge in [-0.15, -0.1) is 0 Å². The molecule has 138 valence electrons. The molecule has 2 rings (SSSR count). The molecule has 2 aliphatic rings. The first-order valence-corrected chi connectivity index (χ1v) is 11.2. The monoisotopic (exact) mass is 358 g/mol. The van der Waals surface area contributed by atoms with Crippen LogP contribution in [0, 0.1) is 0 Å². The van der Waals surface area contributed by atoms with Gasteiger partial charge >= 0.3 is 5.97 Å². The molecule has 7 heteroatoms. The van der Waals surface area contributed by atoms with Gasteiger partial charge in [-0.3, -0.25) is 0 Å². The van der Waals surface area contributed by atoms with Gasteiger partial charge in [0.05, 0.1) is 18.8 Å². The van der Waals surface area contributed by atoms with Gasteiger partial charge in [0.15, 0.2) is 14.1 Å². The molecule has 6 nitrogen and oxygen atoms in total.